The molecule has 3 N–H and O–H groups in total. The lowest BCUT2D eigenvalue weighted by molar-refractivity contribution is -0.132. The van der Waals surface area contributed by atoms with Gasteiger partial charge in [0.25, 0.3) is 0 Å². The maximum Gasteiger partial charge on any atom is 0.245 e. The fourth-order valence-electron chi connectivity index (χ4n) is 3.92. The molecule has 9 heteroatoms. The lowest BCUT2D eigenvalue weighted by Crippen LogP contribution is -2.42. The molecule has 2 atom stereocenters. The number of anilines is 1. The number of rotatable bonds is 6. The van der Waals surface area contributed by atoms with E-state index < -0.39 is 11.2 Å². The number of piperidine rings is 1. The normalized spacial score (nSPS) is 19.2. The van der Waals surface area contributed by atoms with Gasteiger partial charge in [0.2, 0.25) is 17.1 Å². The molecule has 1 fully saturated rings. The van der Waals surface area contributed by atoms with Gasteiger partial charge in [-0.2, -0.15) is 4.40 Å². The first-order valence-electron chi connectivity index (χ1n) is 11.2. The lowest BCUT2D eigenvalue weighted by atomic mass is 9.98. The smallest absolute Gasteiger partial charge is 0.245 e. The zero-order valence-corrected chi connectivity index (χ0v) is 20.2. The zero-order valence-electron chi connectivity index (χ0n) is 19.4. The van der Waals surface area contributed by atoms with Gasteiger partial charge in [-0.1, -0.05) is 32.0 Å². The monoisotopic (exact) mass is 472 g/mol. The van der Waals surface area contributed by atoms with Gasteiger partial charge in [-0.3, -0.25) is 9.52 Å². The van der Waals surface area contributed by atoms with E-state index in [1.165, 1.54) is 0 Å². The Hall–Kier alpha value is -3.07. The average molecular weight is 473 g/mol. The van der Waals surface area contributed by atoms with Gasteiger partial charge < -0.3 is 20.1 Å². The summed E-state index contributed by atoms with van der Waals surface area (Å²) in [5, 5.41) is 0. The minimum absolute atomic E-state index is 0.120. The van der Waals surface area contributed by atoms with Crippen molar-refractivity contribution in [2.45, 2.75) is 33.1 Å². The topological polar surface area (TPSA) is 106 Å². The molecule has 2 unspecified atom stereocenters. The molecule has 0 saturated carbocycles. The molecule has 2 aliphatic heterocycles. The number of ether oxygens (including phenoxy) is 2. The lowest BCUT2D eigenvalue weighted by Gasteiger charge is -2.33. The molecule has 0 aliphatic carbocycles. The van der Waals surface area contributed by atoms with Crippen molar-refractivity contribution in [2.24, 2.45) is 16.0 Å². The molecule has 2 aromatic rings. The molecule has 0 bridgehead atoms. The van der Waals surface area contributed by atoms with Crippen molar-refractivity contribution in [2.75, 3.05) is 31.5 Å². The molecule has 2 aliphatic rings. The van der Waals surface area contributed by atoms with Crippen molar-refractivity contribution in [3.05, 3.63) is 53.6 Å². The van der Waals surface area contributed by atoms with Crippen LogP contribution in [-0.4, -0.2) is 47.7 Å². The largest absolute Gasteiger partial charge is 0.497 e. The van der Waals surface area contributed by atoms with Crippen LogP contribution in [0.15, 0.2) is 46.9 Å². The number of amides is 1. The van der Waals surface area contributed by atoms with Crippen LogP contribution in [0.5, 0.6) is 11.5 Å². The van der Waals surface area contributed by atoms with E-state index in [0.29, 0.717) is 36.6 Å². The molecule has 178 valence electrons. The van der Waals surface area contributed by atoms with E-state index in [0.717, 1.165) is 30.7 Å². The quantitative estimate of drug-likeness (QED) is 0.671. The predicted molar refractivity (Wildman–Crippen MR) is 132 cm³/mol. The molecule has 1 saturated heterocycles. The third-order valence-corrected chi connectivity index (χ3v) is 6.28. The van der Waals surface area contributed by atoms with Crippen molar-refractivity contribution in [3.63, 3.8) is 0 Å². The van der Waals surface area contributed by atoms with E-state index in [1.54, 1.807) is 13.2 Å². The van der Waals surface area contributed by atoms with Gasteiger partial charge in [0.05, 0.1) is 31.4 Å². The molecule has 33 heavy (non-hydrogen) atoms. The molecule has 2 aromatic carbocycles. The maximum atomic E-state index is 12.8. The van der Waals surface area contributed by atoms with Crippen molar-refractivity contribution < 1.29 is 18.5 Å². The van der Waals surface area contributed by atoms with Gasteiger partial charge in [0.15, 0.2) is 0 Å². The Balaban J connectivity index is 0.00000149. The number of nitrogens with one attached hydrogen (secondary N) is 1. The van der Waals surface area contributed by atoms with Gasteiger partial charge in [-0.25, -0.2) is 4.21 Å². The third kappa shape index (κ3) is 6.25. The number of likely N-dealkylation sites (tertiary alicyclic amines) is 1. The molecule has 0 spiro atoms. The van der Waals surface area contributed by atoms with Crippen LogP contribution in [0.2, 0.25) is 0 Å². The van der Waals surface area contributed by atoms with Crippen LogP contribution in [0.4, 0.5) is 5.69 Å². The zero-order chi connectivity index (χ0) is 23.8. The highest BCUT2D eigenvalue weighted by molar-refractivity contribution is 7.85. The number of carbonyl (C=O) groups excluding carboxylic acids is 1. The highest BCUT2D eigenvalue weighted by Gasteiger charge is 2.26. The summed E-state index contributed by atoms with van der Waals surface area (Å²) in [5.41, 5.74) is 8.22. The van der Waals surface area contributed by atoms with Crippen LogP contribution in [0, 0.1) is 5.92 Å². The van der Waals surface area contributed by atoms with E-state index in [-0.39, 0.29) is 17.7 Å². The number of hydrogen-bond acceptors (Lipinski definition) is 5. The molecular weight excluding hydrogens is 440 g/mol. The number of hydrogen-bond donors (Lipinski definition) is 2. The van der Waals surface area contributed by atoms with Gasteiger partial charge >= 0.3 is 0 Å². The van der Waals surface area contributed by atoms with Crippen LogP contribution in [0.1, 0.15) is 37.8 Å². The Morgan fingerprint density at radius 2 is 2.00 bits per heavy atom. The standard InChI is InChI=1S/C22H26N4O4S.C2H6/c1-29-17-9-7-15(8-10-17)12-20(27)26-11-3-4-16(13-26)14-30-19-6-2-5-18-21(19)22(23)25-31(28)24-18;1-2/h2,5-10,16,24H,3-4,11-14H2,1H3,(H2,23,25);1-2H3. The van der Waals surface area contributed by atoms with Gasteiger partial charge in [-0.05, 0) is 42.7 Å². The van der Waals surface area contributed by atoms with Crippen molar-refractivity contribution in [1.82, 2.24) is 4.90 Å². The molecule has 4 rings (SSSR count). The number of carbonyl (C=O) groups is 1. The summed E-state index contributed by atoms with van der Waals surface area (Å²) < 4.78 is 29.6. The SMILES string of the molecule is CC.COc1ccc(CC(=O)N2CCCC(COc3cccc4c3C(N)=NS(=O)N4)C2)cc1. The number of methoxy groups -OCH3 is 1. The van der Waals surface area contributed by atoms with E-state index in [2.05, 4.69) is 9.12 Å². The predicted octanol–water partition coefficient (Wildman–Crippen LogP) is 3.29. The van der Waals surface area contributed by atoms with Gasteiger partial charge in [0.1, 0.15) is 17.3 Å². The summed E-state index contributed by atoms with van der Waals surface area (Å²) in [4.78, 5) is 14.7. The highest BCUT2D eigenvalue weighted by Crippen LogP contribution is 2.30. The van der Waals surface area contributed by atoms with E-state index in [1.807, 2.05) is 55.1 Å². The van der Waals surface area contributed by atoms with Gasteiger partial charge in [0, 0.05) is 19.0 Å². The minimum Gasteiger partial charge on any atom is -0.497 e. The summed E-state index contributed by atoms with van der Waals surface area (Å²) in [6, 6.07) is 13.0. The van der Waals surface area contributed by atoms with Crippen molar-refractivity contribution >= 4 is 28.6 Å². The van der Waals surface area contributed by atoms with E-state index in [9.17, 15) is 9.00 Å². The summed E-state index contributed by atoms with van der Waals surface area (Å²) in [5.74, 6) is 1.93. The van der Waals surface area contributed by atoms with Crippen LogP contribution in [0.3, 0.4) is 0 Å². The summed E-state index contributed by atoms with van der Waals surface area (Å²) in [7, 11) is 1.62. The Morgan fingerprint density at radius 1 is 1.24 bits per heavy atom. The molecule has 8 nitrogen and oxygen atoms in total. The first-order chi connectivity index (χ1) is 16.0. The number of nitrogens with two attached hydrogens (primary N) is 1. The highest BCUT2D eigenvalue weighted by atomic mass is 32.2. The first-order valence-corrected chi connectivity index (χ1v) is 12.3. The summed E-state index contributed by atoms with van der Waals surface area (Å²) >= 11 is -1.57. The minimum atomic E-state index is -1.57. The molecule has 0 aromatic heterocycles. The van der Waals surface area contributed by atoms with Gasteiger partial charge in [-0.15, -0.1) is 0 Å². The second kappa shape index (κ2) is 11.7. The Labute approximate surface area is 197 Å². The average Bonchev–Trinajstić information content (AvgIpc) is 2.84. The molecule has 1 amide bonds. The van der Waals surface area contributed by atoms with E-state index >= 15 is 0 Å². The number of amidine groups is 1. The second-order valence-corrected chi connectivity index (χ2v) is 8.58. The van der Waals surface area contributed by atoms with Crippen molar-refractivity contribution in [1.29, 1.82) is 0 Å². The summed E-state index contributed by atoms with van der Waals surface area (Å²) in [6.45, 7) is 5.90. The third-order valence-electron chi connectivity index (χ3n) is 5.52. The molecule has 0 radical (unpaired) electrons. The second-order valence-electron chi connectivity index (χ2n) is 7.69. The number of benzene rings is 2. The van der Waals surface area contributed by atoms with Crippen LogP contribution in [-0.2, 0) is 22.4 Å². The number of nitrogens with zero attached hydrogens (tertiary/aromatic N) is 2. The first kappa shape index (κ1) is 24.6. The fourth-order valence-corrected chi connectivity index (χ4v) is 4.59. The van der Waals surface area contributed by atoms with Crippen LogP contribution in [0.25, 0.3) is 0 Å². The molecular formula is C24H32N4O4S. The fraction of sp³-hybridized carbons (Fsp3) is 0.417. The Morgan fingerprint density at radius 3 is 2.73 bits per heavy atom. The molecule has 2 heterocycles. The van der Waals surface area contributed by atoms with Crippen LogP contribution >= 0.6 is 0 Å². The number of fused-ring (bicyclic) bond motifs is 1. The Bertz CT molecular complexity index is 1010. The Kier molecular flexibility index (Phi) is 8.71. The maximum absolute atomic E-state index is 12.8. The summed E-state index contributed by atoms with van der Waals surface area (Å²) in [6.07, 6.45) is 2.31. The van der Waals surface area contributed by atoms with Crippen molar-refractivity contribution in [3.8, 4) is 11.5 Å². The van der Waals surface area contributed by atoms with Crippen LogP contribution < -0.4 is 19.9 Å². The van der Waals surface area contributed by atoms with E-state index in [4.69, 9.17) is 15.2 Å².